The van der Waals surface area contributed by atoms with Gasteiger partial charge in [0.15, 0.2) is 0 Å². The fraction of sp³-hybridized carbons (Fsp3) is 0.900. The summed E-state index contributed by atoms with van der Waals surface area (Å²) in [6.45, 7) is 5.27. The molecule has 0 spiro atoms. The first-order valence-corrected chi connectivity index (χ1v) is 7.28. The third-order valence-corrected chi connectivity index (χ3v) is 5.64. The molecule has 0 aromatic carbocycles. The van der Waals surface area contributed by atoms with Crippen LogP contribution in [0.1, 0.15) is 13.8 Å². The molecular formula is C10H22NO4Si. The monoisotopic (exact) mass is 248 g/mol. The maximum atomic E-state index is 10.6. The molecule has 0 saturated heterocycles. The summed E-state index contributed by atoms with van der Waals surface area (Å²) in [6.07, 6.45) is 1.90. The van der Waals surface area contributed by atoms with Crippen molar-refractivity contribution in [1.82, 2.24) is 4.90 Å². The van der Waals surface area contributed by atoms with E-state index in [9.17, 15) is 4.79 Å². The highest BCUT2D eigenvalue weighted by atomic mass is 28.4. The summed E-state index contributed by atoms with van der Waals surface area (Å²) in [5.41, 5.74) is 0. The van der Waals surface area contributed by atoms with Crippen molar-refractivity contribution in [1.29, 1.82) is 0 Å². The summed E-state index contributed by atoms with van der Waals surface area (Å²) >= 11 is 0. The highest BCUT2D eigenvalue weighted by Gasteiger charge is 2.39. The van der Waals surface area contributed by atoms with Crippen LogP contribution < -0.4 is 0 Å². The van der Waals surface area contributed by atoms with Crippen LogP contribution in [0.25, 0.3) is 0 Å². The molecule has 5 nitrogen and oxygen atoms in total. The molecule has 1 amide bonds. The maximum absolute atomic E-state index is 10.6. The molecule has 6 heteroatoms. The van der Waals surface area contributed by atoms with Crippen LogP contribution in [-0.2, 0) is 18.1 Å². The molecule has 1 atom stereocenters. The first-order chi connectivity index (χ1) is 7.57. The van der Waals surface area contributed by atoms with Crippen molar-refractivity contribution < 1.29 is 18.1 Å². The molecule has 16 heavy (non-hydrogen) atoms. The van der Waals surface area contributed by atoms with E-state index in [0.717, 1.165) is 0 Å². The normalized spacial score (nSPS) is 13.6. The third kappa shape index (κ3) is 4.61. The number of hydrogen-bond acceptors (Lipinski definition) is 4. The fourth-order valence-electron chi connectivity index (χ4n) is 1.60. The van der Waals surface area contributed by atoms with Crippen LogP contribution in [0, 0.1) is 5.92 Å². The number of carbonyl (C=O) groups excluding carboxylic acids is 1. The predicted octanol–water partition coefficient (Wildman–Crippen LogP) is 0.890. The second kappa shape index (κ2) is 7.78. The van der Waals surface area contributed by atoms with Crippen molar-refractivity contribution >= 4 is 15.2 Å². The molecule has 0 rings (SSSR count). The maximum Gasteiger partial charge on any atom is 0.500 e. The summed E-state index contributed by atoms with van der Waals surface area (Å²) in [4.78, 5) is 12.2. The van der Waals surface area contributed by atoms with Crippen LogP contribution in [0.4, 0.5) is 0 Å². The van der Waals surface area contributed by atoms with Crippen LogP contribution >= 0.6 is 0 Å². The van der Waals surface area contributed by atoms with E-state index in [2.05, 4.69) is 0 Å². The highest BCUT2D eigenvalue weighted by Crippen LogP contribution is 2.19. The van der Waals surface area contributed by atoms with Crippen molar-refractivity contribution in [2.24, 2.45) is 5.92 Å². The van der Waals surface area contributed by atoms with Crippen LogP contribution in [-0.4, -0.2) is 54.5 Å². The van der Waals surface area contributed by atoms with Gasteiger partial charge in [0.2, 0.25) is 0 Å². The molecular weight excluding hydrogens is 226 g/mol. The van der Waals surface area contributed by atoms with Crippen LogP contribution in [0.15, 0.2) is 0 Å². The largest absolute Gasteiger partial charge is 0.500 e. The molecule has 1 radical (unpaired) electrons. The standard InChI is InChI=1S/C10H22NO4Si/c1-6-11(9-12)7-10(2)8-16(13-3,14-4)15-5/h10H,6-8H2,1-5H3. The lowest BCUT2D eigenvalue weighted by Gasteiger charge is -2.28. The molecule has 0 N–H and O–H groups in total. The average Bonchev–Trinajstić information content (AvgIpc) is 2.33. The number of hydrogen-bond donors (Lipinski definition) is 0. The lowest BCUT2D eigenvalue weighted by molar-refractivity contribution is 0.117. The van der Waals surface area contributed by atoms with E-state index in [1.807, 2.05) is 20.3 Å². The molecule has 0 aromatic rings. The topological polar surface area (TPSA) is 48.0 Å². The highest BCUT2D eigenvalue weighted by molar-refractivity contribution is 6.60. The average molecular weight is 248 g/mol. The fourth-order valence-corrected chi connectivity index (χ4v) is 3.58. The van der Waals surface area contributed by atoms with E-state index >= 15 is 0 Å². The Bertz CT molecular complexity index is 191. The zero-order chi connectivity index (χ0) is 12.6. The molecule has 0 aliphatic carbocycles. The van der Waals surface area contributed by atoms with Gasteiger partial charge in [0.05, 0.1) is 0 Å². The summed E-state index contributed by atoms with van der Waals surface area (Å²) < 4.78 is 16.0. The smallest absolute Gasteiger partial charge is 0.377 e. The van der Waals surface area contributed by atoms with E-state index in [0.29, 0.717) is 19.1 Å². The van der Waals surface area contributed by atoms with Gasteiger partial charge in [-0.05, 0) is 12.8 Å². The van der Waals surface area contributed by atoms with Gasteiger partial charge >= 0.3 is 15.2 Å². The van der Waals surface area contributed by atoms with Crippen molar-refractivity contribution in [3.8, 4) is 0 Å². The van der Waals surface area contributed by atoms with E-state index in [1.165, 1.54) is 0 Å². The summed E-state index contributed by atoms with van der Waals surface area (Å²) in [5.74, 6) is 0.257. The van der Waals surface area contributed by atoms with Gasteiger partial charge in [-0.15, -0.1) is 0 Å². The van der Waals surface area contributed by atoms with E-state index in [4.69, 9.17) is 13.3 Å². The van der Waals surface area contributed by atoms with E-state index in [1.54, 1.807) is 26.2 Å². The summed E-state index contributed by atoms with van der Waals surface area (Å²) in [6, 6.07) is 0.689. The van der Waals surface area contributed by atoms with Crippen molar-refractivity contribution in [3.05, 3.63) is 0 Å². The first kappa shape index (κ1) is 15.6. The molecule has 1 unspecified atom stereocenters. The minimum absolute atomic E-state index is 0.257. The van der Waals surface area contributed by atoms with Crippen molar-refractivity contribution in [3.63, 3.8) is 0 Å². The van der Waals surface area contributed by atoms with Gasteiger partial charge in [0.1, 0.15) is 0 Å². The number of rotatable bonds is 9. The van der Waals surface area contributed by atoms with Gasteiger partial charge in [-0.3, -0.25) is 4.79 Å². The van der Waals surface area contributed by atoms with Crippen LogP contribution in [0.5, 0.6) is 0 Å². The molecule has 0 fully saturated rings. The van der Waals surface area contributed by atoms with Crippen molar-refractivity contribution in [2.75, 3.05) is 34.4 Å². The Balaban J connectivity index is 4.29. The number of nitrogens with zero attached hydrogens (tertiary/aromatic N) is 1. The van der Waals surface area contributed by atoms with Gasteiger partial charge in [-0.25, -0.2) is 0 Å². The molecule has 0 bridgehead atoms. The van der Waals surface area contributed by atoms with Crippen LogP contribution in [0.2, 0.25) is 6.04 Å². The second-order valence-electron chi connectivity index (χ2n) is 3.73. The quantitative estimate of drug-likeness (QED) is 0.449. The minimum atomic E-state index is -2.53. The Hall–Kier alpha value is -0.433. The summed E-state index contributed by atoms with van der Waals surface area (Å²) in [5, 5.41) is 0. The second-order valence-corrected chi connectivity index (χ2v) is 6.73. The van der Waals surface area contributed by atoms with Gasteiger partial charge < -0.3 is 18.2 Å². The zero-order valence-corrected chi connectivity index (χ0v) is 11.8. The van der Waals surface area contributed by atoms with Crippen LogP contribution in [0.3, 0.4) is 0 Å². The van der Waals surface area contributed by atoms with Gasteiger partial charge in [0.25, 0.3) is 0 Å². The van der Waals surface area contributed by atoms with Gasteiger partial charge in [-0.1, -0.05) is 6.92 Å². The molecule has 0 heterocycles. The minimum Gasteiger partial charge on any atom is -0.377 e. The van der Waals surface area contributed by atoms with Crippen molar-refractivity contribution in [2.45, 2.75) is 19.9 Å². The Morgan fingerprint density at radius 2 is 1.75 bits per heavy atom. The Kier molecular flexibility index (Phi) is 7.57. The summed E-state index contributed by atoms with van der Waals surface area (Å²) in [7, 11) is 2.25. The SMILES string of the molecule is CCN([C]=O)CC(C)C[Si](OC)(OC)OC. The first-order valence-electron chi connectivity index (χ1n) is 5.35. The molecule has 0 aliphatic heterocycles. The zero-order valence-electron chi connectivity index (χ0n) is 10.8. The van der Waals surface area contributed by atoms with Gasteiger partial charge in [-0.2, -0.15) is 0 Å². The Morgan fingerprint density at radius 3 is 2.06 bits per heavy atom. The molecule has 95 valence electrons. The molecule has 0 saturated carbocycles. The Labute approximate surface area is 99.0 Å². The van der Waals surface area contributed by atoms with E-state index < -0.39 is 8.80 Å². The number of amides is 1. The lowest BCUT2D eigenvalue weighted by Crippen LogP contribution is -2.45. The molecule has 0 aliphatic rings. The van der Waals surface area contributed by atoms with E-state index in [-0.39, 0.29) is 5.92 Å². The molecule has 0 aromatic heterocycles. The third-order valence-electron chi connectivity index (χ3n) is 2.57. The predicted molar refractivity (Wildman–Crippen MR) is 63.7 cm³/mol. The van der Waals surface area contributed by atoms with Gasteiger partial charge in [0, 0.05) is 40.5 Å². The lowest BCUT2D eigenvalue weighted by atomic mass is 10.2. The Morgan fingerprint density at radius 1 is 1.25 bits per heavy atom.